The molecule has 1 fully saturated rings. The highest BCUT2D eigenvalue weighted by atomic mass is 35.5. The van der Waals surface area contributed by atoms with Crippen molar-refractivity contribution in [1.29, 1.82) is 0 Å². The van der Waals surface area contributed by atoms with Gasteiger partial charge in [0.2, 0.25) is 0 Å². The zero-order chi connectivity index (χ0) is 17.1. The molecule has 2 heterocycles. The monoisotopic (exact) mass is 418 g/mol. The fourth-order valence-corrected chi connectivity index (χ4v) is 3.97. The molecule has 8 heteroatoms. The number of nitrogens with two attached hydrogens (primary N) is 1. The van der Waals surface area contributed by atoms with Gasteiger partial charge in [-0.3, -0.25) is 0 Å². The van der Waals surface area contributed by atoms with Crippen LogP contribution in [0.2, 0.25) is 0 Å². The van der Waals surface area contributed by atoms with Gasteiger partial charge in [0.05, 0.1) is 0 Å². The van der Waals surface area contributed by atoms with Gasteiger partial charge in [-0.25, -0.2) is 9.97 Å². The average molecular weight is 419 g/mol. The average Bonchev–Trinajstić information content (AvgIpc) is 2.84. The van der Waals surface area contributed by atoms with Gasteiger partial charge < -0.3 is 15.8 Å². The highest BCUT2D eigenvalue weighted by molar-refractivity contribution is 7.10. The molecule has 0 atom stereocenters. The summed E-state index contributed by atoms with van der Waals surface area (Å²) in [6, 6.07) is 2.39. The number of ether oxygens (including phenoxy) is 1. The van der Waals surface area contributed by atoms with Gasteiger partial charge in [0.1, 0.15) is 12.4 Å². The number of nitrogens with one attached hydrogen (secondary N) is 1. The minimum atomic E-state index is 0. The Kier molecular flexibility index (Phi) is 9.27. The second-order valence-corrected chi connectivity index (χ2v) is 7.66. The topological polar surface area (TPSA) is 73.1 Å². The summed E-state index contributed by atoms with van der Waals surface area (Å²) in [4.78, 5) is 10.6. The molecule has 3 rings (SSSR count). The second-order valence-electron chi connectivity index (χ2n) is 6.57. The van der Waals surface area contributed by atoms with Gasteiger partial charge in [0.15, 0.2) is 5.82 Å². The van der Waals surface area contributed by atoms with E-state index in [1.807, 2.05) is 11.3 Å². The number of aryl methyl sites for hydroxylation is 1. The van der Waals surface area contributed by atoms with Crippen LogP contribution in [0.25, 0.3) is 0 Å². The molecule has 0 amide bonds. The van der Waals surface area contributed by atoms with Crippen LogP contribution < -0.4 is 11.1 Å². The maximum Gasteiger partial charge on any atom is 0.156 e. The summed E-state index contributed by atoms with van der Waals surface area (Å²) in [6.45, 7) is 5.67. The van der Waals surface area contributed by atoms with Crippen LogP contribution in [0.1, 0.15) is 46.3 Å². The van der Waals surface area contributed by atoms with E-state index >= 15 is 0 Å². The smallest absolute Gasteiger partial charge is 0.156 e. The van der Waals surface area contributed by atoms with Crippen molar-refractivity contribution in [3.05, 3.63) is 39.0 Å². The molecule has 1 aliphatic carbocycles. The van der Waals surface area contributed by atoms with Gasteiger partial charge >= 0.3 is 0 Å². The van der Waals surface area contributed by atoms with E-state index in [0.717, 1.165) is 43.1 Å². The van der Waals surface area contributed by atoms with E-state index in [1.165, 1.54) is 16.0 Å². The van der Waals surface area contributed by atoms with Gasteiger partial charge in [-0.15, -0.1) is 36.2 Å². The van der Waals surface area contributed by atoms with Crippen LogP contribution >= 0.6 is 36.2 Å². The van der Waals surface area contributed by atoms with Crippen LogP contribution in [0.15, 0.2) is 11.4 Å². The molecule has 0 bridgehead atoms. The molecule has 0 unspecified atom stereocenters. The lowest BCUT2D eigenvalue weighted by atomic mass is 9.78. The normalized spacial score (nSPS) is 18.5. The van der Waals surface area contributed by atoms with Crippen molar-refractivity contribution < 1.29 is 4.74 Å². The number of methoxy groups -OCH3 is 1. The number of hydrogen-bond donors (Lipinski definition) is 2. The molecule has 26 heavy (non-hydrogen) atoms. The number of aromatic nitrogens is 2. The van der Waals surface area contributed by atoms with Gasteiger partial charge in [0.25, 0.3) is 0 Å². The van der Waals surface area contributed by atoms with E-state index in [2.05, 4.69) is 40.6 Å². The molecule has 3 N–H and O–H groups in total. The fourth-order valence-electron chi connectivity index (χ4n) is 3.05. The highest BCUT2D eigenvalue weighted by Crippen LogP contribution is 2.35. The molecular formula is C18H28Cl2N4OS. The first-order chi connectivity index (χ1) is 11.6. The van der Waals surface area contributed by atoms with E-state index in [9.17, 15) is 0 Å². The Labute approximate surface area is 172 Å². The predicted octanol–water partition coefficient (Wildman–Crippen LogP) is 4.00. The van der Waals surface area contributed by atoms with Crippen molar-refractivity contribution in [3.8, 4) is 0 Å². The Hall–Kier alpha value is -0.920. The molecule has 0 radical (unpaired) electrons. The second kappa shape index (κ2) is 10.4. The minimum Gasteiger partial charge on any atom is -0.377 e. The predicted molar refractivity (Wildman–Crippen MR) is 113 cm³/mol. The molecule has 5 nitrogen and oxygen atoms in total. The minimum absolute atomic E-state index is 0. The number of halogens is 2. The van der Waals surface area contributed by atoms with E-state index in [1.54, 1.807) is 7.11 Å². The summed E-state index contributed by atoms with van der Waals surface area (Å²) in [5.74, 6) is 2.08. The number of anilines is 1. The van der Waals surface area contributed by atoms with Crippen LogP contribution in [0.4, 0.5) is 5.82 Å². The molecule has 0 spiro atoms. The number of hydrogen-bond acceptors (Lipinski definition) is 6. The Balaban J connectivity index is 0.00000169. The van der Waals surface area contributed by atoms with Crippen LogP contribution in [-0.2, 0) is 17.8 Å². The first kappa shape index (κ1) is 23.1. The zero-order valence-corrected chi connectivity index (χ0v) is 17.9. The van der Waals surface area contributed by atoms with Crippen LogP contribution in [0.3, 0.4) is 0 Å². The third-order valence-corrected chi connectivity index (χ3v) is 5.81. The van der Waals surface area contributed by atoms with Crippen LogP contribution in [0.5, 0.6) is 0 Å². The maximum atomic E-state index is 5.92. The molecule has 0 aromatic carbocycles. The van der Waals surface area contributed by atoms with Crippen molar-refractivity contribution in [3.63, 3.8) is 0 Å². The molecular weight excluding hydrogens is 391 g/mol. The van der Waals surface area contributed by atoms with E-state index in [4.69, 9.17) is 10.5 Å². The molecule has 0 aliphatic heterocycles. The Bertz CT molecular complexity index is 704. The Morgan fingerprint density at radius 3 is 2.58 bits per heavy atom. The van der Waals surface area contributed by atoms with E-state index < -0.39 is 0 Å². The Morgan fingerprint density at radius 1 is 1.27 bits per heavy atom. The lowest BCUT2D eigenvalue weighted by molar-refractivity contribution is 0.177. The summed E-state index contributed by atoms with van der Waals surface area (Å²) in [5, 5.41) is 5.70. The standard InChI is InChI=1S/C18H26N4OS.2ClH/c1-11-12(2)24-10-13(11)4-5-20-17-8-16(14-6-15(19)7-14)21-18(22-17)9-23-3;;/h8,10,14-15H,4-7,9,19H2,1-3H3,(H,20,21,22);2*1H. The lowest BCUT2D eigenvalue weighted by Crippen LogP contribution is -2.35. The first-order valence-electron chi connectivity index (χ1n) is 8.46. The summed E-state index contributed by atoms with van der Waals surface area (Å²) in [5.41, 5.74) is 9.83. The first-order valence-corrected chi connectivity index (χ1v) is 9.34. The summed E-state index contributed by atoms with van der Waals surface area (Å²) in [7, 11) is 1.67. The molecule has 1 aliphatic rings. The number of nitrogens with zero attached hydrogens (tertiary/aromatic N) is 2. The molecule has 0 saturated heterocycles. The van der Waals surface area contributed by atoms with Gasteiger partial charge in [-0.2, -0.15) is 0 Å². The van der Waals surface area contributed by atoms with Crippen LogP contribution in [0, 0.1) is 13.8 Å². The molecule has 2 aromatic heterocycles. The lowest BCUT2D eigenvalue weighted by Gasteiger charge is -2.32. The summed E-state index contributed by atoms with van der Waals surface area (Å²) < 4.78 is 5.21. The SMILES string of the molecule is COCc1nc(NCCc2csc(C)c2C)cc(C2CC(N)C2)n1.Cl.Cl. The quantitative estimate of drug-likeness (QED) is 0.710. The van der Waals surface area contributed by atoms with Crippen molar-refractivity contribution in [2.45, 2.75) is 51.7 Å². The Morgan fingerprint density at radius 2 is 2.00 bits per heavy atom. The van der Waals surface area contributed by atoms with Crippen LogP contribution in [-0.4, -0.2) is 29.7 Å². The largest absolute Gasteiger partial charge is 0.377 e. The van der Waals surface area contributed by atoms with Crippen molar-refractivity contribution in [2.24, 2.45) is 5.73 Å². The van der Waals surface area contributed by atoms with Gasteiger partial charge in [-0.05, 0) is 49.6 Å². The van der Waals surface area contributed by atoms with E-state index in [0.29, 0.717) is 18.6 Å². The highest BCUT2D eigenvalue weighted by Gasteiger charge is 2.29. The molecule has 1 saturated carbocycles. The maximum absolute atomic E-state index is 5.92. The zero-order valence-electron chi connectivity index (χ0n) is 15.4. The van der Waals surface area contributed by atoms with Crippen molar-refractivity contribution in [2.75, 3.05) is 19.0 Å². The number of thiophene rings is 1. The van der Waals surface area contributed by atoms with Gasteiger partial charge in [-0.1, -0.05) is 0 Å². The molecule has 146 valence electrons. The molecule has 2 aromatic rings. The van der Waals surface area contributed by atoms with Crippen molar-refractivity contribution >= 4 is 42.0 Å². The van der Waals surface area contributed by atoms with E-state index in [-0.39, 0.29) is 24.8 Å². The third-order valence-electron chi connectivity index (χ3n) is 4.75. The van der Waals surface area contributed by atoms with Crippen molar-refractivity contribution in [1.82, 2.24) is 9.97 Å². The number of rotatable bonds is 7. The fraction of sp³-hybridized carbons (Fsp3) is 0.556. The summed E-state index contributed by atoms with van der Waals surface area (Å²) >= 11 is 1.82. The van der Waals surface area contributed by atoms with Gasteiger partial charge in [0, 0.05) is 42.3 Å². The summed E-state index contributed by atoms with van der Waals surface area (Å²) in [6.07, 6.45) is 3.02. The third kappa shape index (κ3) is 5.54.